The van der Waals surface area contributed by atoms with Crippen LogP contribution in [0, 0.1) is 6.92 Å². The Bertz CT molecular complexity index is 717. The Morgan fingerprint density at radius 2 is 1.86 bits per heavy atom. The lowest BCUT2D eigenvalue weighted by atomic mass is 10.1. The summed E-state index contributed by atoms with van der Waals surface area (Å²) in [6.45, 7) is 6.13. The first kappa shape index (κ1) is 15.4. The molecule has 0 saturated carbocycles. The predicted octanol–water partition coefficient (Wildman–Crippen LogP) is 3.43. The second-order valence-electron chi connectivity index (χ2n) is 5.29. The van der Waals surface area contributed by atoms with Gasteiger partial charge in [-0.05, 0) is 38.0 Å². The molecule has 0 bridgehead atoms. The largest absolute Gasteiger partial charge is 0.389 e. The summed E-state index contributed by atoms with van der Waals surface area (Å²) in [7, 11) is 0. The van der Waals surface area contributed by atoms with Gasteiger partial charge in [0.15, 0.2) is 0 Å². The monoisotopic (exact) mass is 300 g/mol. The van der Waals surface area contributed by atoms with Crippen molar-refractivity contribution in [2.75, 3.05) is 0 Å². The molecule has 110 valence electrons. The van der Waals surface area contributed by atoms with E-state index in [0.29, 0.717) is 5.56 Å². The van der Waals surface area contributed by atoms with Crippen LogP contribution in [0.15, 0.2) is 41.2 Å². The van der Waals surface area contributed by atoms with Crippen LogP contribution in [0.5, 0.6) is 0 Å². The fourth-order valence-corrected chi connectivity index (χ4v) is 2.48. The molecule has 0 saturated heterocycles. The summed E-state index contributed by atoms with van der Waals surface area (Å²) in [6, 6.07) is 11.9. The van der Waals surface area contributed by atoms with Gasteiger partial charge in [0.25, 0.3) is 5.56 Å². The van der Waals surface area contributed by atoms with E-state index in [4.69, 9.17) is 18.0 Å². The third-order valence-electron chi connectivity index (χ3n) is 3.76. The minimum absolute atomic E-state index is 0.0862. The van der Waals surface area contributed by atoms with Crippen molar-refractivity contribution < 1.29 is 0 Å². The highest BCUT2D eigenvalue weighted by Crippen LogP contribution is 2.23. The zero-order valence-electron chi connectivity index (χ0n) is 12.6. The highest BCUT2D eigenvalue weighted by molar-refractivity contribution is 7.80. The maximum absolute atomic E-state index is 12.7. The smallest absolute Gasteiger partial charge is 0.261 e. The van der Waals surface area contributed by atoms with Gasteiger partial charge in [-0.1, -0.05) is 49.0 Å². The summed E-state index contributed by atoms with van der Waals surface area (Å²) in [5.74, 6) is 0. The van der Waals surface area contributed by atoms with Crippen LogP contribution in [0.25, 0.3) is 11.3 Å². The summed E-state index contributed by atoms with van der Waals surface area (Å²) in [5, 5.41) is 0. The maximum Gasteiger partial charge on any atom is 0.261 e. The second-order valence-corrected chi connectivity index (χ2v) is 5.73. The number of pyridine rings is 1. The zero-order valence-corrected chi connectivity index (χ0v) is 13.4. The molecule has 0 spiro atoms. The number of benzene rings is 1. The van der Waals surface area contributed by atoms with Gasteiger partial charge >= 0.3 is 0 Å². The van der Waals surface area contributed by atoms with Crippen molar-refractivity contribution in [2.45, 2.75) is 33.2 Å². The predicted molar refractivity (Wildman–Crippen MR) is 91.8 cm³/mol. The van der Waals surface area contributed by atoms with Crippen LogP contribution in [0.3, 0.4) is 0 Å². The Kier molecular flexibility index (Phi) is 4.58. The van der Waals surface area contributed by atoms with E-state index in [1.807, 2.05) is 44.2 Å². The normalized spacial score (nSPS) is 12.1. The van der Waals surface area contributed by atoms with Gasteiger partial charge in [0.05, 0.1) is 11.3 Å². The molecular formula is C17H20N2OS. The van der Waals surface area contributed by atoms with Crippen LogP contribution in [0.4, 0.5) is 0 Å². The summed E-state index contributed by atoms with van der Waals surface area (Å²) in [6.07, 6.45) is 0.861. The molecule has 0 aliphatic carbocycles. The van der Waals surface area contributed by atoms with Crippen molar-refractivity contribution in [1.82, 2.24) is 4.57 Å². The number of aryl methyl sites for hydroxylation is 1. The Morgan fingerprint density at radius 3 is 2.38 bits per heavy atom. The summed E-state index contributed by atoms with van der Waals surface area (Å²) in [5.41, 5.74) is 9.05. The van der Waals surface area contributed by atoms with Crippen molar-refractivity contribution in [3.8, 4) is 11.3 Å². The summed E-state index contributed by atoms with van der Waals surface area (Å²) < 4.78 is 1.79. The standard InChI is InChI=1S/C17H20N2OS/c1-4-12(3)19-15(13-7-5-11(2)6-8-13)10-9-14(16(18)21)17(19)20/h5-10,12H,4H2,1-3H3,(H2,18,21). The molecule has 1 unspecified atom stereocenters. The molecule has 1 atom stereocenters. The molecule has 2 N–H and O–H groups in total. The molecular weight excluding hydrogens is 280 g/mol. The van der Waals surface area contributed by atoms with Gasteiger partial charge in [-0.2, -0.15) is 0 Å². The highest BCUT2D eigenvalue weighted by Gasteiger charge is 2.15. The Hall–Kier alpha value is -1.94. The van der Waals surface area contributed by atoms with Crippen LogP contribution in [0.1, 0.15) is 37.4 Å². The number of aromatic nitrogens is 1. The SMILES string of the molecule is CCC(C)n1c(-c2ccc(C)cc2)ccc(C(N)=S)c1=O. The van der Waals surface area contributed by atoms with Gasteiger partial charge in [-0.25, -0.2) is 0 Å². The Balaban J connectivity index is 2.71. The number of nitrogens with two attached hydrogens (primary N) is 1. The van der Waals surface area contributed by atoms with E-state index < -0.39 is 0 Å². The molecule has 0 aliphatic heterocycles. The lowest BCUT2D eigenvalue weighted by Crippen LogP contribution is -2.31. The van der Waals surface area contributed by atoms with E-state index in [2.05, 4.69) is 6.92 Å². The minimum atomic E-state index is -0.116. The number of hydrogen-bond donors (Lipinski definition) is 1. The molecule has 1 aromatic heterocycles. The Morgan fingerprint density at radius 1 is 1.24 bits per heavy atom. The van der Waals surface area contributed by atoms with Crippen molar-refractivity contribution >= 4 is 17.2 Å². The molecule has 0 amide bonds. The van der Waals surface area contributed by atoms with E-state index >= 15 is 0 Å². The average molecular weight is 300 g/mol. The molecule has 0 aliphatic rings. The molecule has 21 heavy (non-hydrogen) atoms. The van der Waals surface area contributed by atoms with Crippen molar-refractivity contribution in [3.63, 3.8) is 0 Å². The minimum Gasteiger partial charge on any atom is -0.389 e. The van der Waals surface area contributed by atoms with Gasteiger partial charge < -0.3 is 10.3 Å². The number of rotatable bonds is 4. The summed E-state index contributed by atoms with van der Waals surface area (Å²) in [4.78, 5) is 12.8. The maximum atomic E-state index is 12.7. The third-order valence-corrected chi connectivity index (χ3v) is 3.98. The lowest BCUT2D eigenvalue weighted by molar-refractivity contribution is 0.519. The topological polar surface area (TPSA) is 48.0 Å². The Labute approximate surface area is 130 Å². The molecule has 0 fully saturated rings. The fourth-order valence-electron chi connectivity index (χ4n) is 2.32. The van der Waals surface area contributed by atoms with Crippen molar-refractivity contribution in [2.24, 2.45) is 5.73 Å². The van der Waals surface area contributed by atoms with Crippen LogP contribution in [-0.2, 0) is 0 Å². The van der Waals surface area contributed by atoms with E-state index in [1.54, 1.807) is 10.6 Å². The first-order chi connectivity index (χ1) is 9.95. The number of nitrogens with zero attached hydrogens (tertiary/aromatic N) is 1. The zero-order chi connectivity index (χ0) is 15.6. The average Bonchev–Trinajstić information content (AvgIpc) is 2.46. The second kappa shape index (κ2) is 6.22. The van der Waals surface area contributed by atoms with E-state index in [-0.39, 0.29) is 16.6 Å². The third kappa shape index (κ3) is 3.05. The van der Waals surface area contributed by atoms with Gasteiger partial charge in [-0.3, -0.25) is 4.79 Å². The number of hydrogen-bond acceptors (Lipinski definition) is 2. The van der Waals surface area contributed by atoms with Gasteiger partial charge in [0.2, 0.25) is 0 Å². The van der Waals surface area contributed by atoms with Crippen LogP contribution < -0.4 is 11.3 Å². The summed E-state index contributed by atoms with van der Waals surface area (Å²) >= 11 is 4.97. The van der Waals surface area contributed by atoms with Gasteiger partial charge in [0, 0.05) is 6.04 Å². The fraction of sp³-hybridized carbons (Fsp3) is 0.294. The molecule has 1 aromatic carbocycles. The first-order valence-electron chi connectivity index (χ1n) is 7.08. The van der Waals surface area contributed by atoms with E-state index in [9.17, 15) is 4.79 Å². The van der Waals surface area contributed by atoms with Crippen LogP contribution in [0.2, 0.25) is 0 Å². The molecule has 1 heterocycles. The lowest BCUT2D eigenvalue weighted by Gasteiger charge is -2.20. The van der Waals surface area contributed by atoms with Gasteiger partial charge in [-0.15, -0.1) is 0 Å². The quantitative estimate of drug-likeness (QED) is 0.880. The van der Waals surface area contributed by atoms with E-state index in [0.717, 1.165) is 17.7 Å². The molecule has 3 nitrogen and oxygen atoms in total. The highest BCUT2D eigenvalue weighted by atomic mass is 32.1. The number of thiocarbonyl (C=S) groups is 1. The molecule has 0 radical (unpaired) electrons. The van der Waals surface area contributed by atoms with Crippen LogP contribution >= 0.6 is 12.2 Å². The molecule has 2 aromatic rings. The van der Waals surface area contributed by atoms with Crippen LogP contribution in [-0.4, -0.2) is 9.56 Å². The first-order valence-corrected chi connectivity index (χ1v) is 7.49. The molecule has 4 heteroatoms. The van der Waals surface area contributed by atoms with Crippen molar-refractivity contribution in [3.05, 3.63) is 57.9 Å². The van der Waals surface area contributed by atoms with Gasteiger partial charge in [0.1, 0.15) is 4.99 Å². The van der Waals surface area contributed by atoms with Crippen molar-refractivity contribution in [1.29, 1.82) is 0 Å². The molecule has 2 rings (SSSR count). The van der Waals surface area contributed by atoms with E-state index in [1.165, 1.54) is 5.56 Å².